The van der Waals surface area contributed by atoms with Gasteiger partial charge in [0.2, 0.25) is 11.8 Å². The highest BCUT2D eigenvalue weighted by Gasteiger charge is 2.63. The smallest absolute Gasteiger partial charge is 0.244 e. The second-order valence-electron chi connectivity index (χ2n) is 8.30. The predicted octanol–water partition coefficient (Wildman–Crippen LogP) is -1.72. The van der Waals surface area contributed by atoms with Crippen LogP contribution in [0.2, 0.25) is 0 Å². The fourth-order valence-corrected chi connectivity index (χ4v) is 5.19. The van der Waals surface area contributed by atoms with Gasteiger partial charge in [-0.2, -0.15) is 0 Å². The van der Waals surface area contributed by atoms with Crippen molar-refractivity contribution in [1.29, 1.82) is 0 Å². The van der Waals surface area contributed by atoms with Gasteiger partial charge in [-0.3, -0.25) is 28.8 Å². The van der Waals surface area contributed by atoms with E-state index in [9.17, 15) is 28.8 Å². The number of hydrogen-bond donors (Lipinski definition) is 4. The molecule has 1 heterocycles. The van der Waals surface area contributed by atoms with Gasteiger partial charge in [0, 0.05) is 25.7 Å². The van der Waals surface area contributed by atoms with Gasteiger partial charge in [0.25, 0.3) is 0 Å². The SMILES string of the molecule is NCCCC1(C2NC(=O)C(C3(CCCN)C(=O)CCC3=O)NC2=O)C(=O)CCC1=O. The molecular weight excluding hydrogens is 392 g/mol. The number of piperazine rings is 1. The molecular formula is C20H28N4O6. The number of Topliss-reactive ketones (excluding diaryl/α,β-unsaturated/α-hetero) is 4. The lowest BCUT2D eigenvalue weighted by Crippen LogP contribution is -2.73. The predicted molar refractivity (Wildman–Crippen MR) is 104 cm³/mol. The molecule has 30 heavy (non-hydrogen) atoms. The van der Waals surface area contributed by atoms with Crippen LogP contribution in [0.3, 0.4) is 0 Å². The van der Waals surface area contributed by atoms with Crippen LogP contribution in [-0.2, 0) is 28.8 Å². The van der Waals surface area contributed by atoms with E-state index in [4.69, 9.17) is 11.5 Å². The van der Waals surface area contributed by atoms with Gasteiger partial charge in [-0.15, -0.1) is 0 Å². The normalized spacial score (nSPS) is 28.1. The fourth-order valence-electron chi connectivity index (χ4n) is 5.19. The van der Waals surface area contributed by atoms with Gasteiger partial charge in [-0.05, 0) is 38.8 Å². The Balaban J connectivity index is 1.94. The molecule has 1 saturated heterocycles. The van der Waals surface area contributed by atoms with Crippen molar-refractivity contribution < 1.29 is 28.8 Å². The van der Waals surface area contributed by atoms with E-state index < -0.39 is 57.9 Å². The van der Waals surface area contributed by atoms with E-state index in [0.29, 0.717) is 12.8 Å². The molecule has 2 unspecified atom stereocenters. The van der Waals surface area contributed by atoms with Crippen LogP contribution in [0.4, 0.5) is 0 Å². The van der Waals surface area contributed by atoms with Crippen molar-refractivity contribution >= 4 is 34.9 Å². The van der Waals surface area contributed by atoms with E-state index in [1.54, 1.807) is 0 Å². The topological polar surface area (TPSA) is 179 Å². The molecule has 10 nitrogen and oxygen atoms in total. The first-order valence-electron chi connectivity index (χ1n) is 10.4. The van der Waals surface area contributed by atoms with Crippen LogP contribution in [-0.4, -0.2) is 60.1 Å². The summed E-state index contributed by atoms with van der Waals surface area (Å²) in [6, 6.07) is -2.76. The summed E-state index contributed by atoms with van der Waals surface area (Å²) in [5.41, 5.74) is 7.79. The lowest BCUT2D eigenvalue weighted by Gasteiger charge is -2.43. The Morgan fingerprint density at radius 3 is 1.20 bits per heavy atom. The monoisotopic (exact) mass is 420 g/mol. The van der Waals surface area contributed by atoms with Gasteiger partial charge in [0.1, 0.15) is 46.0 Å². The molecule has 6 N–H and O–H groups in total. The molecule has 2 aliphatic carbocycles. The summed E-state index contributed by atoms with van der Waals surface area (Å²) >= 11 is 0. The highest BCUT2D eigenvalue weighted by molar-refractivity contribution is 6.20. The van der Waals surface area contributed by atoms with Crippen LogP contribution in [0.5, 0.6) is 0 Å². The van der Waals surface area contributed by atoms with Gasteiger partial charge in [-0.1, -0.05) is 0 Å². The van der Waals surface area contributed by atoms with Crippen LogP contribution in [0.1, 0.15) is 51.4 Å². The van der Waals surface area contributed by atoms with Crippen LogP contribution in [0.15, 0.2) is 0 Å². The number of hydrogen-bond acceptors (Lipinski definition) is 8. The Labute approximate surface area is 173 Å². The van der Waals surface area contributed by atoms with E-state index in [0.717, 1.165) is 0 Å². The maximum Gasteiger partial charge on any atom is 0.244 e. The van der Waals surface area contributed by atoms with E-state index in [-0.39, 0.29) is 51.6 Å². The van der Waals surface area contributed by atoms with E-state index in [1.807, 2.05) is 0 Å². The molecule has 2 saturated carbocycles. The van der Waals surface area contributed by atoms with Crippen molar-refractivity contribution in [2.75, 3.05) is 13.1 Å². The van der Waals surface area contributed by atoms with Crippen molar-refractivity contribution in [3.8, 4) is 0 Å². The maximum atomic E-state index is 13.1. The van der Waals surface area contributed by atoms with Gasteiger partial charge >= 0.3 is 0 Å². The van der Waals surface area contributed by atoms with Crippen molar-refractivity contribution in [3.63, 3.8) is 0 Å². The summed E-state index contributed by atoms with van der Waals surface area (Å²) < 4.78 is 0. The Kier molecular flexibility index (Phi) is 6.19. The second kappa shape index (κ2) is 8.35. The molecule has 3 aliphatic rings. The van der Waals surface area contributed by atoms with Crippen LogP contribution in [0, 0.1) is 10.8 Å². The molecule has 0 aromatic rings. The van der Waals surface area contributed by atoms with E-state index in [1.165, 1.54) is 0 Å². The number of carbonyl (C=O) groups excluding carboxylic acids is 6. The third-order valence-electron chi connectivity index (χ3n) is 6.78. The molecule has 0 aromatic heterocycles. The number of nitrogens with two attached hydrogens (primary N) is 2. The Bertz CT molecular complexity index is 709. The summed E-state index contributed by atoms with van der Waals surface area (Å²) in [7, 11) is 0. The lowest BCUT2D eigenvalue weighted by molar-refractivity contribution is -0.155. The van der Waals surface area contributed by atoms with Crippen molar-refractivity contribution in [3.05, 3.63) is 0 Å². The largest absolute Gasteiger partial charge is 0.341 e. The summed E-state index contributed by atoms with van der Waals surface area (Å²) in [5, 5.41) is 5.04. The standard InChI is InChI=1S/C20H28N4O6/c21-9-1-7-19(11(25)3-4-12(19)26)15-17(29)24-16(18(30)23-15)20(8-2-10-22)13(27)5-6-14(20)28/h15-16H,1-10,21-22H2,(H,23,30)(H,24,29). The third kappa shape index (κ3) is 3.18. The Morgan fingerprint density at radius 2 is 0.933 bits per heavy atom. The van der Waals surface area contributed by atoms with Crippen molar-refractivity contribution in [1.82, 2.24) is 10.6 Å². The van der Waals surface area contributed by atoms with E-state index >= 15 is 0 Å². The van der Waals surface area contributed by atoms with Crippen LogP contribution < -0.4 is 22.1 Å². The minimum atomic E-state index is -1.65. The molecule has 3 fully saturated rings. The van der Waals surface area contributed by atoms with Crippen molar-refractivity contribution in [2.45, 2.75) is 63.5 Å². The fraction of sp³-hybridized carbons (Fsp3) is 0.700. The molecule has 0 aromatic carbocycles. The van der Waals surface area contributed by atoms with Crippen LogP contribution >= 0.6 is 0 Å². The average molecular weight is 420 g/mol. The first-order chi connectivity index (χ1) is 14.3. The highest BCUT2D eigenvalue weighted by atomic mass is 16.2. The first-order valence-corrected chi connectivity index (χ1v) is 10.4. The third-order valence-corrected chi connectivity index (χ3v) is 6.78. The Hall–Kier alpha value is -2.46. The van der Waals surface area contributed by atoms with E-state index in [2.05, 4.69) is 10.6 Å². The molecule has 10 heteroatoms. The molecule has 164 valence electrons. The Morgan fingerprint density at radius 1 is 0.633 bits per heavy atom. The molecule has 2 amide bonds. The van der Waals surface area contributed by atoms with Crippen LogP contribution in [0.25, 0.3) is 0 Å². The summed E-state index contributed by atoms with van der Waals surface area (Å²) in [4.78, 5) is 76.9. The highest BCUT2D eigenvalue weighted by Crippen LogP contribution is 2.43. The maximum absolute atomic E-state index is 13.1. The zero-order valence-electron chi connectivity index (χ0n) is 16.8. The summed E-state index contributed by atoms with van der Waals surface area (Å²) in [5.74, 6) is -3.06. The molecule has 3 rings (SSSR count). The average Bonchev–Trinajstić information content (AvgIpc) is 3.17. The summed E-state index contributed by atoms with van der Waals surface area (Å²) in [6.45, 7) is 0.441. The molecule has 0 spiro atoms. The molecule has 0 radical (unpaired) electrons. The minimum Gasteiger partial charge on any atom is -0.341 e. The van der Waals surface area contributed by atoms with Gasteiger partial charge < -0.3 is 22.1 Å². The zero-order chi connectivity index (χ0) is 22.1. The number of carbonyl (C=O) groups is 6. The molecule has 1 aliphatic heterocycles. The lowest BCUT2D eigenvalue weighted by atomic mass is 9.68. The number of ketones is 4. The van der Waals surface area contributed by atoms with Crippen molar-refractivity contribution in [2.24, 2.45) is 22.3 Å². The van der Waals surface area contributed by atoms with Gasteiger partial charge in [-0.25, -0.2) is 0 Å². The molecule has 2 atom stereocenters. The second-order valence-corrected chi connectivity index (χ2v) is 8.30. The summed E-state index contributed by atoms with van der Waals surface area (Å²) in [6.07, 6.45) is 0.790. The van der Waals surface area contributed by atoms with Gasteiger partial charge in [0.05, 0.1) is 0 Å². The van der Waals surface area contributed by atoms with Gasteiger partial charge in [0.15, 0.2) is 0 Å². The first kappa shape index (κ1) is 22.2. The number of rotatable bonds is 8. The number of amides is 2. The molecule has 0 bridgehead atoms. The minimum absolute atomic E-state index is 0.00386. The zero-order valence-corrected chi connectivity index (χ0v) is 16.8. The number of nitrogens with one attached hydrogen (secondary N) is 2. The quantitative estimate of drug-likeness (QED) is 0.335.